The highest BCUT2D eigenvalue weighted by atomic mass is 16.2. The van der Waals surface area contributed by atoms with Gasteiger partial charge in [0.2, 0.25) is 0 Å². The van der Waals surface area contributed by atoms with Gasteiger partial charge in [-0.3, -0.25) is 4.79 Å². The minimum atomic E-state index is -0.0452. The van der Waals surface area contributed by atoms with E-state index in [0.29, 0.717) is 6.04 Å². The third kappa shape index (κ3) is 4.49. The molecule has 3 heteroatoms. The van der Waals surface area contributed by atoms with Gasteiger partial charge in [-0.2, -0.15) is 0 Å². The minimum Gasteiger partial charge on any atom is -0.334 e. The fourth-order valence-electron chi connectivity index (χ4n) is 1.95. The quantitative estimate of drug-likeness (QED) is 0.796. The fourth-order valence-corrected chi connectivity index (χ4v) is 1.95. The van der Waals surface area contributed by atoms with Gasteiger partial charge >= 0.3 is 0 Å². The number of nitrogens with two attached hydrogens (primary N) is 1. The Morgan fingerprint density at radius 1 is 1.22 bits per heavy atom. The lowest BCUT2D eigenvalue weighted by Gasteiger charge is -2.17. The van der Waals surface area contributed by atoms with E-state index < -0.39 is 0 Å². The molecule has 0 radical (unpaired) electrons. The zero-order valence-corrected chi connectivity index (χ0v) is 11.9. The van der Waals surface area contributed by atoms with E-state index >= 15 is 0 Å². The number of aryl methyl sites for hydroxylation is 1. The molecule has 0 saturated heterocycles. The van der Waals surface area contributed by atoms with E-state index in [4.69, 9.17) is 0 Å². The molecule has 1 rings (SSSR count). The van der Waals surface area contributed by atoms with E-state index in [1.165, 1.54) is 5.56 Å². The van der Waals surface area contributed by atoms with E-state index in [2.05, 4.69) is 24.5 Å². The minimum absolute atomic E-state index is 0.0452. The summed E-state index contributed by atoms with van der Waals surface area (Å²) in [5, 5.41) is 5.11. The SMILES string of the molecule is CCC(CC)[NH2+][C@@H](C)C(=O)Nc1ccc(C)cc1. The van der Waals surface area contributed by atoms with Gasteiger partial charge in [-0.25, -0.2) is 0 Å². The molecule has 3 N–H and O–H groups in total. The summed E-state index contributed by atoms with van der Waals surface area (Å²) in [4.78, 5) is 12.0. The number of hydrogen-bond acceptors (Lipinski definition) is 1. The summed E-state index contributed by atoms with van der Waals surface area (Å²) in [6.07, 6.45) is 2.19. The lowest BCUT2D eigenvalue weighted by molar-refractivity contribution is -0.706. The number of rotatable bonds is 6. The van der Waals surface area contributed by atoms with Gasteiger partial charge in [0.05, 0.1) is 6.04 Å². The summed E-state index contributed by atoms with van der Waals surface area (Å²) in [5.74, 6) is 0.0748. The molecule has 100 valence electrons. The van der Waals surface area contributed by atoms with Crippen molar-refractivity contribution in [1.82, 2.24) is 0 Å². The molecule has 0 bridgehead atoms. The van der Waals surface area contributed by atoms with Crippen LogP contribution in [0.25, 0.3) is 0 Å². The highest BCUT2D eigenvalue weighted by Crippen LogP contribution is 2.08. The predicted octanol–water partition coefficient (Wildman–Crippen LogP) is 2.07. The van der Waals surface area contributed by atoms with Gasteiger partial charge in [0, 0.05) is 5.69 Å². The Bertz CT molecular complexity index is 369. The van der Waals surface area contributed by atoms with E-state index in [1.54, 1.807) is 0 Å². The molecule has 1 aromatic carbocycles. The van der Waals surface area contributed by atoms with Crippen LogP contribution in [0, 0.1) is 6.92 Å². The van der Waals surface area contributed by atoms with Crippen molar-refractivity contribution < 1.29 is 10.1 Å². The largest absolute Gasteiger partial charge is 0.334 e. The smallest absolute Gasteiger partial charge is 0.282 e. The van der Waals surface area contributed by atoms with Crippen LogP contribution in [0.1, 0.15) is 39.2 Å². The van der Waals surface area contributed by atoms with Gasteiger partial charge < -0.3 is 10.6 Å². The molecule has 0 aliphatic rings. The third-order valence-corrected chi connectivity index (χ3v) is 3.34. The van der Waals surface area contributed by atoms with Crippen molar-refractivity contribution in [1.29, 1.82) is 0 Å². The first-order chi connectivity index (χ1) is 8.56. The zero-order valence-electron chi connectivity index (χ0n) is 11.9. The summed E-state index contributed by atoms with van der Waals surface area (Å²) < 4.78 is 0. The first kappa shape index (κ1) is 14.7. The Balaban J connectivity index is 2.51. The molecule has 0 fully saturated rings. The van der Waals surface area contributed by atoms with Crippen LogP contribution in [0.3, 0.4) is 0 Å². The number of anilines is 1. The van der Waals surface area contributed by atoms with Gasteiger partial charge in [0.15, 0.2) is 6.04 Å². The molecule has 0 saturated carbocycles. The van der Waals surface area contributed by atoms with Crippen LogP contribution in [0.4, 0.5) is 5.69 Å². The first-order valence-electron chi connectivity index (χ1n) is 6.79. The molecular weight excluding hydrogens is 224 g/mol. The molecule has 1 aromatic rings. The van der Waals surface area contributed by atoms with Crippen LogP contribution < -0.4 is 10.6 Å². The lowest BCUT2D eigenvalue weighted by Crippen LogP contribution is -2.96. The number of carbonyl (C=O) groups excluding carboxylic acids is 1. The Morgan fingerprint density at radius 3 is 2.28 bits per heavy atom. The number of quaternary nitrogens is 1. The topological polar surface area (TPSA) is 45.7 Å². The van der Waals surface area contributed by atoms with Crippen LogP contribution >= 0.6 is 0 Å². The van der Waals surface area contributed by atoms with E-state index in [0.717, 1.165) is 18.5 Å². The number of hydrogen-bond donors (Lipinski definition) is 2. The number of nitrogens with one attached hydrogen (secondary N) is 1. The van der Waals surface area contributed by atoms with E-state index in [-0.39, 0.29) is 11.9 Å². The molecule has 0 spiro atoms. The first-order valence-corrected chi connectivity index (χ1v) is 6.79. The Hall–Kier alpha value is -1.35. The van der Waals surface area contributed by atoms with Crippen molar-refractivity contribution >= 4 is 11.6 Å². The molecule has 0 heterocycles. The van der Waals surface area contributed by atoms with Gasteiger partial charge in [0.25, 0.3) is 5.91 Å². The summed E-state index contributed by atoms with van der Waals surface area (Å²) >= 11 is 0. The maximum Gasteiger partial charge on any atom is 0.282 e. The fraction of sp³-hybridized carbons (Fsp3) is 0.533. The number of amides is 1. The summed E-state index contributed by atoms with van der Waals surface area (Å²) in [6, 6.07) is 8.38. The lowest BCUT2D eigenvalue weighted by atomic mass is 10.1. The average Bonchev–Trinajstić information content (AvgIpc) is 2.38. The maximum atomic E-state index is 12.0. The van der Waals surface area contributed by atoms with Crippen molar-refractivity contribution in [2.24, 2.45) is 0 Å². The molecule has 18 heavy (non-hydrogen) atoms. The van der Waals surface area contributed by atoms with Crippen LogP contribution in [0.5, 0.6) is 0 Å². The predicted molar refractivity (Wildman–Crippen MR) is 75.6 cm³/mol. The second kappa shape index (κ2) is 7.17. The zero-order chi connectivity index (χ0) is 13.5. The van der Waals surface area contributed by atoms with Crippen molar-refractivity contribution in [2.75, 3.05) is 5.32 Å². The monoisotopic (exact) mass is 249 g/mol. The van der Waals surface area contributed by atoms with Crippen LogP contribution in [-0.2, 0) is 4.79 Å². The molecule has 3 nitrogen and oxygen atoms in total. The summed E-state index contributed by atoms with van der Waals surface area (Å²) in [6.45, 7) is 8.32. The van der Waals surface area contributed by atoms with Crippen LogP contribution in [0.15, 0.2) is 24.3 Å². The normalized spacial score (nSPS) is 12.5. The molecule has 0 aliphatic carbocycles. The van der Waals surface area contributed by atoms with Crippen molar-refractivity contribution in [3.05, 3.63) is 29.8 Å². The second-order valence-electron chi connectivity index (χ2n) is 4.91. The molecule has 0 aliphatic heterocycles. The van der Waals surface area contributed by atoms with Crippen molar-refractivity contribution in [2.45, 2.75) is 52.6 Å². The number of carbonyl (C=O) groups is 1. The molecule has 1 amide bonds. The van der Waals surface area contributed by atoms with Gasteiger partial charge in [-0.15, -0.1) is 0 Å². The van der Waals surface area contributed by atoms with Gasteiger partial charge in [0.1, 0.15) is 0 Å². The second-order valence-corrected chi connectivity index (χ2v) is 4.91. The van der Waals surface area contributed by atoms with Crippen LogP contribution in [0.2, 0.25) is 0 Å². The molecule has 0 aromatic heterocycles. The van der Waals surface area contributed by atoms with E-state index in [9.17, 15) is 4.79 Å². The highest BCUT2D eigenvalue weighted by Gasteiger charge is 2.19. The molecular formula is C15H25N2O+. The van der Waals surface area contributed by atoms with Gasteiger partial charge in [-0.1, -0.05) is 31.5 Å². The maximum absolute atomic E-state index is 12.0. The average molecular weight is 249 g/mol. The van der Waals surface area contributed by atoms with Gasteiger partial charge in [-0.05, 0) is 38.8 Å². The number of benzene rings is 1. The van der Waals surface area contributed by atoms with E-state index in [1.807, 2.05) is 38.1 Å². The van der Waals surface area contributed by atoms with Crippen molar-refractivity contribution in [3.63, 3.8) is 0 Å². The summed E-state index contributed by atoms with van der Waals surface area (Å²) in [7, 11) is 0. The highest BCUT2D eigenvalue weighted by molar-refractivity contribution is 5.93. The Kier molecular flexibility index (Phi) is 5.86. The summed E-state index contributed by atoms with van der Waals surface area (Å²) in [5.41, 5.74) is 2.07. The standard InChI is InChI=1S/C15H24N2O/c1-5-13(6-2)16-12(4)15(18)17-14-9-7-11(3)8-10-14/h7-10,12-13,16H,5-6H2,1-4H3,(H,17,18)/p+1/t12-/m0/s1. The van der Waals surface area contributed by atoms with Crippen molar-refractivity contribution in [3.8, 4) is 0 Å². The Morgan fingerprint density at radius 2 is 1.78 bits per heavy atom. The molecule has 0 unspecified atom stereocenters. The molecule has 1 atom stereocenters. The van der Waals surface area contributed by atoms with Crippen LogP contribution in [-0.4, -0.2) is 18.0 Å². The third-order valence-electron chi connectivity index (χ3n) is 3.34. The Labute approximate surface area is 110 Å².